The van der Waals surface area contributed by atoms with Crippen molar-refractivity contribution in [1.82, 2.24) is 10.2 Å². The van der Waals surface area contributed by atoms with E-state index in [-0.39, 0.29) is 5.91 Å². The van der Waals surface area contributed by atoms with Crippen LogP contribution in [-0.2, 0) is 4.79 Å². The molecule has 1 rings (SSSR count). The SMILES string of the molecule is CCN(CC)CCNC(=O)c1ccc(NC=O)cc1OC. The van der Waals surface area contributed by atoms with Gasteiger partial charge in [0.15, 0.2) is 0 Å². The highest BCUT2D eigenvalue weighted by molar-refractivity contribution is 5.97. The van der Waals surface area contributed by atoms with Gasteiger partial charge in [0.1, 0.15) is 5.75 Å². The maximum absolute atomic E-state index is 12.2. The summed E-state index contributed by atoms with van der Waals surface area (Å²) in [7, 11) is 1.49. The van der Waals surface area contributed by atoms with Crippen LogP contribution in [0.25, 0.3) is 0 Å². The molecule has 0 aromatic heterocycles. The van der Waals surface area contributed by atoms with Crippen LogP contribution in [0.5, 0.6) is 5.75 Å². The zero-order valence-electron chi connectivity index (χ0n) is 12.8. The lowest BCUT2D eigenvalue weighted by atomic mass is 10.1. The molecule has 0 radical (unpaired) electrons. The van der Waals surface area contributed by atoms with Gasteiger partial charge in [0.05, 0.1) is 12.7 Å². The topological polar surface area (TPSA) is 70.7 Å². The van der Waals surface area contributed by atoms with Crippen molar-refractivity contribution in [2.45, 2.75) is 13.8 Å². The molecule has 0 unspecified atom stereocenters. The highest BCUT2D eigenvalue weighted by Gasteiger charge is 2.12. The van der Waals surface area contributed by atoms with Crippen molar-refractivity contribution in [3.8, 4) is 5.75 Å². The molecule has 6 heteroatoms. The lowest BCUT2D eigenvalue weighted by molar-refractivity contribution is -0.105. The number of amides is 2. The van der Waals surface area contributed by atoms with Crippen LogP contribution in [0.3, 0.4) is 0 Å². The summed E-state index contributed by atoms with van der Waals surface area (Å²) in [5, 5.41) is 5.40. The van der Waals surface area contributed by atoms with Crippen LogP contribution in [0.2, 0.25) is 0 Å². The van der Waals surface area contributed by atoms with Gasteiger partial charge >= 0.3 is 0 Å². The lowest BCUT2D eigenvalue weighted by Crippen LogP contribution is -2.34. The lowest BCUT2D eigenvalue weighted by Gasteiger charge is -2.18. The second-order valence-corrected chi connectivity index (χ2v) is 4.46. The summed E-state index contributed by atoms with van der Waals surface area (Å²) in [6, 6.07) is 4.92. The van der Waals surface area contributed by atoms with Crippen molar-refractivity contribution >= 4 is 18.0 Å². The molecular formula is C15H23N3O3. The van der Waals surface area contributed by atoms with E-state index < -0.39 is 0 Å². The average Bonchev–Trinajstić information content (AvgIpc) is 2.51. The van der Waals surface area contributed by atoms with Crippen LogP contribution in [0.1, 0.15) is 24.2 Å². The Morgan fingerprint density at radius 3 is 2.62 bits per heavy atom. The molecule has 2 amide bonds. The number of nitrogens with zero attached hydrogens (tertiary/aromatic N) is 1. The molecule has 0 saturated carbocycles. The van der Waals surface area contributed by atoms with Crippen molar-refractivity contribution in [3.63, 3.8) is 0 Å². The van der Waals surface area contributed by atoms with Gasteiger partial charge in [0.2, 0.25) is 6.41 Å². The van der Waals surface area contributed by atoms with Gasteiger partial charge < -0.3 is 20.3 Å². The van der Waals surface area contributed by atoms with E-state index in [1.54, 1.807) is 18.2 Å². The van der Waals surface area contributed by atoms with E-state index in [1.807, 2.05) is 0 Å². The molecule has 1 aromatic rings. The monoisotopic (exact) mass is 293 g/mol. The van der Waals surface area contributed by atoms with Crippen molar-refractivity contribution in [3.05, 3.63) is 23.8 Å². The summed E-state index contributed by atoms with van der Waals surface area (Å²) in [5.74, 6) is 0.249. The van der Waals surface area contributed by atoms with Crippen molar-refractivity contribution in [2.24, 2.45) is 0 Å². The van der Waals surface area contributed by atoms with E-state index in [0.717, 1.165) is 19.6 Å². The van der Waals surface area contributed by atoms with Gasteiger partial charge in [-0.3, -0.25) is 9.59 Å². The summed E-state index contributed by atoms with van der Waals surface area (Å²) in [6.07, 6.45) is 0.582. The number of hydrogen-bond donors (Lipinski definition) is 2. The van der Waals surface area contributed by atoms with E-state index >= 15 is 0 Å². The molecule has 1 aromatic carbocycles. The quantitative estimate of drug-likeness (QED) is 0.674. The Kier molecular flexibility index (Phi) is 7.25. The zero-order chi connectivity index (χ0) is 15.7. The smallest absolute Gasteiger partial charge is 0.255 e. The van der Waals surface area contributed by atoms with Gasteiger partial charge in [-0.15, -0.1) is 0 Å². The van der Waals surface area contributed by atoms with Gasteiger partial charge in [0.25, 0.3) is 5.91 Å². The molecule has 0 saturated heterocycles. The minimum atomic E-state index is -0.184. The number of carbonyl (C=O) groups is 2. The number of methoxy groups -OCH3 is 1. The molecule has 0 aliphatic carbocycles. The van der Waals surface area contributed by atoms with Crippen molar-refractivity contribution in [2.75, 3.05) is 38.6 Å². The molecule has 21 heavy (non-hydrogen) atoms. The maximum atomic E-state index is 12.2. The minimum Gasteiger partial charge on any atom is -0.496 e. The fourth-order valence-electron chi connectivity index (χ4n) is 2.00. The first-order chi connectivity index (χ1) is 10.2. The van der Waals surface area contributed by atoms with E-state index in [1.165, 1.54) is 7.11 Å². The number of rotatable bonds is 9. The summed E-state index contributed by atoms with van der Waals surface area (Å²) in [6.45, 7) is 7.49. The second kappa shape index (κ2) is 8.97. The van der Waals surface area contributed by atoms with Gasteiger partial charge in [-0.2, -0.15) is 0 Å². The van der Waals surface area contributed by atoms with Crippen LogP contribution < -0.4 is 15.4 Å². The highest BCUT2D eigenvalue weighted by Crippen LogP contribution is 2.22. The third-order valence-electron chi connectivity index (χ3n) is 3.28. The summed E-state index contributed by atoms with van der Waals surface area (Å²) in [5.41, 5.74) is 1.04. The number of hydrogen-bond acceptors (Lipinski definition) is 4. The van der Waals surface area contributed by atoms with Gasteiger partial charge in [0, 0.05) is 24.8 Å². The summed E-state index contributed by atoms with van der Waals surface area (Å²) >= 11 is 0. The number of carbonyl (C=O) groups excluding carboxylic acids is 2. The molecule has 2 N–H and O–H groups in total. The van der Waals surface area contributed by atoms with E-state index in [4.69, 9.17) is 4.74 Å². The number of ether oxygens (including phenoxy) is 1. The van der Waals surface area contributed by atoms with Crippen molar-refractivity contribution < 1.29 is 14.3 Å². The minimum absolute atomic E-state index is 0.184. The third kappa shape index (κ3) is 5.07. The van der Waals surface area contributed by atoms with E-state index in [0.29, 0.717) is 30.0 Å². The van der Waals surface area contributed by atoms with Gasteiger partial charge in [-0.1, -0.05) is 13.8 Å². The first kappa shape index (κ1) is 17.0. The Bertz CT molecular complexity index is 473. The first-order valence-corrected chi connectivity index (χ1v) is 7.05. The summed E-state index contributed by atoms with van der Waals surface area (Å²) < 4.78 is 5.20. The molecule has 0 heterocycles. The second-order valence-electron chi connectivity index (χ2n) is 4.46. The van der Waals surface area contributed by atoms with Crippen LogP contribution in [0, 0.1) is 0 Å². The Hall–Kier alpha value is -2.08. The predicted molar refractivity (Wildman–Crippen MR) is 82.8 cm³/mol. The van der Waals surface area contributed by atoms with Crippen LogP contribution in [0.15, 0.2) is 18.2 Å². The number of benzene rings is 1. The van der Waals surface area contributed by atoms with Crippen LogP contribution >= 0.6 is 0 Å². The molecule has 0 atom stereocenters. The fourth-order valence-corrected chi connectivity index (χ4v) is 2.00. The maximum Gasteiger partial charge on any atom is 0.255 e. The normalized spacial score (nSPS) is 10.3. The molecular weight excluding hydrogens is 270 g/mol. The van der Waals surface area contributed by atoms with Crippen LogP contribution in [-0.4, -0.2) is 50.5 Å². The Balaban J connectivity index is 2.66. The number of likely N-dealkylation sites (N-methyl/N-ethyl adjacent to an activating group) is 1. The Labute approximate surface area is 125 Å². The van der Waals surface area contributed by atoms with Gasteiger partial charge in [-0.25, -0.2) is 0 Å². The average molecular weight is 293 g/mol. The molecule has 0 aliphatic rings. The zero-order valence-corrected chi connectivity index (χ0v) is 12.8. The van der Waals surface area contributed by atoms with Gasteiger partial charge in [-0.05, 0) is 25.2 Å². The standard InChI is InChI=1S/C15H23N3O3/c1-4-18(5-2)9-8-16-15(20)13-7-6-12(17-11-19)10-14(13)21-3/h6-7,10-11H,4-5,8-9H2,1-3H3,(H,16,20)(H,17,19). The molecule has 0 spiro atoms. The number of nitrogens with one attached hydrogen (secondary N) is 2. The Morgan fingerprint density at radius 2 is 2.05 bits per heavy atom. The largest absolute Gasteiger partial charge is 0.496 e. The number of anilines is 1. The van der Waals surface area contributed by atoms with E-state index in [9.17, 15) is 9.59 Å². The Morgan fingerprint density at radius 1 is 1.33 bits per heavy atom. The van der Waals surface area contributed by atoms with E-state index in [2.05, 4.69) is 29.4 Å². The molecule has 0 aliphatic heterocycles. The van der Waals surface area contributed by atoms with Crippen molar-refractivity contribution in [1.29, 1.82) is 0 Å². The predicted octanol–water partition coefficient (Wildman–Crippen LogP) is 1.34. The molecule has 0 fully saturated rings. The molecule has 116 valence electrons. The van der Waals surface area contributed by atoms with Crippen LogP contribution in [0.4, 0.5) is 5.69 Å². The highest BCUT2D eigenvalue weighted by atomic mass is 16.5. The first-order valence-electron chi connectivity index (χ1n) is 7.05. The third-order valence-corrected chi connectivity index (χ3v) is 3.28. The molecule has 6 nitrogen and oxygen atoms in total. The summed E-state index contributed by atoms with van der Waals surface area (Å²) in [4.78, 5) is 24.8. The fraction of sp³-hybridized carbons (Fsp3) is 0.467. The molecule has 0 bridgehead atoms.